The molecule has 10 nitrogen and oxygen atoms in total. The van der Waals surface area contributed by atoms with Crippen LogP contribution in [0.25, 0.3) is 0 Å². The third kappa shape index (κ3) is 8.14. The minimum absolute atomic E-state index is 0.0609. The summed E-state index contributed by atoms with van der Waals surface area (Å²) in [7, 11) is -2.19. The molecule has 2 heterocycles. The topological polar surface area (TPSA) is 120 Å². The number of likely N-dealkylation sites (tertiary alicyclic amines) is 1. The second-order valence-electron chi connectivity index (χ2n) is 14.9. The van der Waals surface area contributed by atoms with E-state index in [0.29, 0.717) is 16.8 Å². The molecule has 1 fully saturated rings. The van der Waals surface area contributed by atoms with Gasteiger partial charge >= 0.3 is 12.1 Å². The monoisotopic (exact) mass is 802 g/mol. The van der Waals surface area contributed by atoms with Crippen molar-refractivity contribution < 1.29 is 37.9 Å². The molecule has 2 aliphatic rings. The number of nitrogens with zero attached hydrogens (tertiary/aromatic N) is 2. The largest absolute Gasteiger partial charge is 0.457 e. The summed E-state index contributed by atoms with van der Waals surface area (Å²) in [4.78, 5) is 72.5. The van der Waals surface area contributed by atoms with Crippen LogP contribution >= 0.6 is 6.89 Å². The molecule has 0 saturated carbocycles. The SMILES string of the molecule is C=CCOC(=O)C(N1C(=O)[C@H]([C@@H](C)O[Si](C)(C)C)[C@H]1CC(=O)c1ccc2c(c1)CC(=O)N2C(=O)OCC=C)=P(c1ccccc1)(c1ccccc1)c1ccccc1. The molecule has 0 unspecified atom stereocenters. The molecule has 2 aliphatic heterocycles. The molecule has 0 bridgehead atoms. The summed E-state index contributed by atoms with van der Waals surface area (Å²) in [6, 6.07) is 32.9. The first-order valence-corrected chi connectivity index (χ1v) is 24.0. The number of benzene rings is 4. The van der Waals surface area contributed by atoms with E-state index >= 15 is 0 Å². The Morgan fingerprint density at radius 3 is 1.84 bits per heavy atom. The van der Waals surface area contributed by atoms with Crippen molar-refractivity contribution >= 4 is 71.9 Å². The molecule has 1 saturated heterocycles. The van der Waals surface area contributed by atoms with Gasteiger partial charge < -0.3 is 18.8 Å². The fourth-order valence-corrected chi connectivity index (χ4v) is 13.4. The second-order valence-corrected chi connectivity index (χ2v) is 22.6. The molecule has 3 atom stereocenters. The number of esters is 1. The van der Waals surface area contributed by atoms with E-state index in [4.69, 9.17) is 13.9 Å². The Kier molecular flexibility index (Phi) is 12.4. The fraction of sp³-hybridized carbons (Fsp3) is 0.244. The average molecular weight is 803 g/mol. The lowest BCUT2D eigenvalue weighted by molar-refractivity contribution is -0.156. The smallest absolute Gasteiger partial charge is 0.421 e. The average Bonchev–Trinajstić information content (AvgIpc) is 3.54. The number of carbonyl (C=O) groups is 5. The van der Waals surface area contributed by atoms with Crippen LogP contribution in [0, 0.1) is 5.92 Å². The van der Waals surface area contributed by atoms with Crippen molar-refractivity contribution in [2.24, 2.45) is 5.92 Å². The number of ether oxygens (including phenoxy) is 2. The van der Waals surface area contributed by atoms with Crippen molar-refractivity contribution in [3.8, 4) is 0 Å². The number of imide groups is 1. The summed E-state index contributed by atoms with van der Waals surface area (Å²) >= 11 is 0. The summed E-state index contributed by atoms with van der Waals surface area (Å²) < 4.78 is 17.5. The number of hydrogen-bond acceptors (Lipinski definition) is 8. The second kappa shape index (κ2) is 17.3. The zero-order chi connectivity index (χ0) is 40.9. The number of β-lactam (4-membered cyclic amide) rings is 1. The predicted molar refractivity (Wildman–Crippen MR) is 227 cm³/mol. The van der Waals surface area contributed by atoms with Crippen molar-refractivity contribution in [3.63, 3.8) is 0 Å². The van der Waals surface area contributed by atoms with Gasteiger partial charge in [-0.3, -0.25) is 14.4 Å². The lowest BCUT2D eigenvalue weighted by atomic mass is 9.79. The number of fused-ring (bicyclic) bond motifs is 1. The maximum atomic E-state index is 15.0. The maximum Gasteiger partial charge on any atom is 0.421 e. The van der Waals surface area contributed by atoms with Gasteiger partial charge in [-0.25, -0.2) is 14.5 Å². The van der Waals surface area contributed by atoms with Crippen LogP contribution < -0.4 is 20.8 Å². The van der Waals surface area contributed by atoms with E-state index in [9.17, 15) is 24.0 Å². The van der Waals surface area contributed by atoms with Gasteiger partial charge in [-0.2, -0.15) is 0 Å². The van der Waals surface area contributed by atoms with Gasteiger partial charge in [-0.15, -0.1) is 0 Å². The van der Waals surface area contributed by atoms with Gasteiger partial charge in [0.1, 0.15) is 18.6 Å². The predicted octanol–water partition coefficient (Wildman–Crippen LogP) is 6.39. The Hall–Kier alpha value is -5.61. The van der Waals surface area contributed by atoms with Crippen LogP contribution in [0.2, 0.25) is 19.6 Å². The lowest BCUT2D eigenvalue weighted by Gasteiger charge is -2.52. The third-order valence-electron chi connectivity index (χ3n) is 9.94. The Morgan fingerprint density at radius 2 is 1.33 bits per heavy atom. The molecule has 0 spiro atoms. The highest BCUT2D eigenvalue weighted by atomic mass is 31.2. The first kappa shape index (κ1) is 41.0. The van der Waals surface area contributed by atoms with Crippen molar-refractivity contribution in [2.75, 3.05) is 18.1 Å². The third-order valence-corrected chi connectivity index (χ3v) is 15.3. The summed E-state index contributed by atoms with van der Waals surface area (Å²) in [5, 5.41) is 2.46. The standard InChI is InChI=1S/C45H47N2O8PSi/c1-7-26-53-44(51)43(56(34-18-12-9-13-19-34,35-20-14-10-15-21-35)36-22-16-11-17-23-36)47-38(41(42(47)50)31(3)55-57(4,5)6)30-39(48)32-24-25-37-33(28-32)29-40(49)46(37)45(52)54-27-8-2/h7-25,28,31,38,41H,1-2,26-27,29-30H2,3-6H3/t31-,38-,41-/m1/s1. The Morgan fingerprint density at radius 1 is 0.807 bits per heavy atom. The van der Waals surface area contributed by atoms with Gasteiger partial charge in [-0.1, -0.05) is 116 Å². The minimum Gasteiger partial charge on any atom is -0.457 e. The number of Topliss-reactive ketones (excluding diaryl/α,β-unsaturated/α-hetero) is 1. The highest BCUT2D eigenvalue weighted by Gasteiger charge is 2.56. The van der Waals surface area contributed by atoms with Crippen molar-refractivity contribution in [1.82, 2.24) is 4.90 Å². The van der Waals surface area contributed by atoms with Gasteiger partial charge in [-0.05, 0) is 66.2 Å². The molecule has 0 radical (unpaired) electrons. The van der Waals surface area contributed by atoms with Crippen molar-refractivity contribution in [2.45, 2.75) is 51.6 Å². The molecule has 0 N–H and O–H groups in total. The van der Waals surface area contributed by atoms with Crippen LogP contribution in [0.5, 0.6) is 0 Å². The first-order valence-electron chi connectivity index (χ1n) is 18.8. The van der Waals surface area contributed by atoms with Crippen molar-refractivity contribution in [3.05, 3.63) is 146 Å². The van der Waals surface area contributed by atoms with Gasteiger partial charge in [0.05, 0.1) is 30.2 Å². The Balaban J connectivity index is 1.56. The van der Waals surface area contributed by atoms with E-state index in [0.717, 1.165) is 20.8 Å². The van der Waals surface area contributed by atoms with E-state index in [1.807, 2.05) is 118 Å². The molecular formula is C45H47N2O8PSi. The van der Waals surface area contributed by atoms with Crippen LogP contribution in [0.15, 0.2) is 135 Å². The number of hydrogen-bond donors (Lipinski definition) is 0. The summed E-state index contributed by atoms with van der Waals surface area (Å²) in [5.74, 6) is -2.59. The molecular weight excluding hydrogens is 756 g/mol. The van der Waals surface area contributed by atoms with E-state index in [-0.39, 0.29) is 43.2 Å². The molecule has 6 rings (SSSR count). The van der Waals surface area contributed by atoms with Gasteiger partial charge in [0.15, 0.2) is 14.1 Å². The number of amides is 3. The van der Waals surface area contributed by atoms with E-state index in [1.54, 1.807) is 18.2 Å². The van der Waals surface area contributed by atoms with Crippen LogP contribution in [0.4, 0.5) is 10.5 Å². The summed E-state index contributed by atoms with van der Waals surface area (Å²) in [6.45, 7) is 11.9. The number of ketones is 1. The molecule has 0 aromatic heterocycles. The highest BCUT2D eigenvalue weighted by Crippen LogP contribution is 2.50. The molecule has 4 aromatic carbocycles. The van der Waals surface area contributed by atoms with E-state index in [2.05, 4.69) is 13.2 Å². The lowest BCUT2D eigenvalue weighted by Crippen LogP contribution is -2.69. The van der Waals surface area contributed by atoms with Crippen LogP contribution in [0.1, 0.15) is 29.3 Å². The Labute approximate surface area is 334 Å². The fourth-order valence-electron chi connectivity index (χ4n) is 7.75. The zero-order valence-corrected chi connectivity index (χ0v) is 34.5. The van der Waals surface area contributed by atoms with Crippen LogP contribution in [-0.2, 0) is 34.7 Å². The molecule has 0 aliphatic carbocycles. The maximum absolute atomic E-state index is 15.0. The molecule has 4 aromatic rings. The number of carbonyl (C=O) groups excluding carboxylic acids is 5. The van der Waals surface area contributed by atoms with Crippen LogP contribution in [-0.4, -0.2) is 73.7 Å². The number of anilines is 1. The molecule has 12 heteroatoms. The van der Waals surface area contributed by atoms with Gasteiger partial charge in [0.2, 0.25) is 11.8 Å². The number of rotatable bonds is 15. The molecule has 57 heavy (non-hydrogen) atoms. The van der Waals surface area contributed by atoms with Gasteiger partial charge in [0.25, 0.3) is 0 Å². The first-order chi connectivity index (χ1) is 27.3. The Bertz CT molecular complexity index is 2150. The van der Waals surface area contributed by atoms with E-state index in [1.165, 1.54) is 17.1 Å². The van der Waals surface area contributed by atoms with E-state index < -0.39 is 51.2 Å². The minimum atomic E-state index is -3.23. The summed E-state index contributed by atoms with van der Waals surface area (Å²) in [6.07, 6.45) is 1.23. The quantitative estimate of drug-likeness (QED) is 0.0339. The zero-order valence-electron chi connectivity index (χ0n) is 32.6. The van der Waals surface area contributed by atoms with Gasteiger partial charge in [0, 0.05) is 18.9 Å². The normalized spacial score (nSPS) is 16.9. The van der Waals surface area contributed by atoms with Crippen LogP contribution in [0.3, 0.4) is 0 Å². The summed E-state index contributed by atoms with van der Waals surface area (Å²) in [5.41, 5.74) is 1.29. The van der Waals surface area contributed by atoms with Crippen molar-refractivity contribution in [1.29, 1.82) is 0 Å². The highest BCUT2D eigenvalue weighted by molar-refractivity contribution is 7.96. The molecule has 3 amide bonds. The molecule has 294 valence electrons.